The van der Waals surface area contributed by atoms with Gasteiger partial charge in [0, 0.05) is 4.47 Å². The molecule has 0 saturated carbocycles. The lowest BCUT2D eigenvalue weighted by Crippen LogP contribution is -2.07. The van der Waals surface area contributed by atoms with Crippen molar-refractivity contribution in [1.82, 2.24) is 15.0 Å². The van der Waals surface area contributed by atoms with Gasteiger partial charge in [0.1, 0.15) is 5.52 Å². The molecule has 0 spiro atoms. The minimum atomic E-state index is 0.612. The molecule has 0 bridgehead atoms. The Labute approximate surface area is 119 Å². The smallest absolute Gasteiger partial charge is 0.113 e. The molecule has 3 aromatic rings. The first-order valence-corrected chi connectivity index (χ1v) is 6.88. The van der Waals surface area contributed by atoms with Crippen molar-refractivity contribution in [3.05, 3.63) is 52.5 Å². The van der Waals surface area contributed by atoms with E-state index in [1.54, 1.807) is 0 Å². The number of rotatable bonds is 3. The van der Waals surface area contributed by atoms with E-state index in [1.165, 1.54) is 5.56 Å². The normalized spacial score (nSPS) is 11.1. The highest BCUT2D eigenvalue weighted by Gasteiger charge is 2.10. The topological polar surface area (TPSA) is 56.7 Å². The predicted octanol–water partition coefficient (Wildman–Crippen LogP) is 2.68. The van der Waals surface area contributed by atoms with Crippen LogP contribution in [0.1, 0.15) is 5.56 Å². The van der Waals surface area contributed by atoms with Crippen molar-refractivity contribution in [2.45, 2.75) is 6.42 Å². The molecule has 1 aromatic heterocycles. The summed E-state index contributed by atoms with van der Waals surface area (Å²) in [5.41, 5.74) is 9.76. The average Bonchev–Trinajstić information content (AvgIpc) is 2.85. The highest BCUT2D eigenvalue weighted by Crippen LogP contribution is 2.23. The Hall–Kier alpha value is -1.72. The van der Waals surface area contributed by atoms with Gasteiger partial charge in [0.05, 0.1) is 11.2 Å². The summed E-state index contributed by atoms with van der Waals surface area (Å²) in [7, 11) is 0. The fourth-order valence-corrected chi connectivity index (χ4v) is 2.50. The molecule has 0 aliphatic carbocycles. The van der Waals surface area contributed by atoms with Crippen molar-refractivity contribution in [1.29, 1.82) is 0 Å². The molecule has 0 atom stereocenters. The first-order valence-electron chi connectivity index (χ1n) is 6.09. The highest BCUT2D eigenvalue weighted by molar-refractivity contribution is 9.10. The monoisotopic (exact) mass is 316 g/mol. The Morgan fingerprint density at radius 1 is 1.16 bits per heavy atom. The molecule has 0 aliphatic rings. The zero-order valence-corrected chi connectivity index (χ0v) is 11.8. The number of fused-ring (bicyclic) bond motifs is 1. The fraction of sp³-hybridized carbons (Fsp3) is 0.143. The molecule has 1 heterocycles. The summed E-state index contributed by atoms with van der Waals surface area (Å²) < 4.78 is 2.88. The van der Waals surface area contributed by atoms with Crippen LogP contribution >= 0.6 is 15.9 Å². The molecule has 3 rings (SSSR count). The van der Waals surface area contributed by atoms with Crippen LogP contribution < -0.4 is 5.73 Å². The van der Waals surface area contributed by atoms with Gasteiger partial charge < -0.3 is 5.73 Å². The van der Waals surface area contributed by atoms with Gasteiger partial charge in [-0.1, -0.05) is 39.3 Å². The molecule has 19 heavy (non-hydrogen) atoms. The molecule has 96 valence electrons. The van der Waals surface area contributed by atoms with Crippen LogP contribution in [0, 0.1) is 0 Å². The number of benzene rings is 2. The Morgan fingerprint density at radius 2 is 2.00 bits per heavy atom. The number of halogens is 1. The maximum Gasteiger partial charge on any atom is 0.113 e. The van der Waals surface area contributed by atoms with Gasteiger partial charge in [0.2, 0.25) is 0 Å². The maximum atomic E-state index is 5.68. The van der Waals surface area contributed by atoms with Crippen molar-refractivity contribution in [3.63, 3.8) is 0 Å². The van der Waals surface area contributed by atoms with Crippen molar-refractivity contribution in [2.24, 2.45) is 5.73 Å². The van der Waals surface area contributed by atoms with Gasteiger partial charge in [-0.2, -0.15) is 0 Å². The lowest BCUT2D eigenvalue weighted by Gasteiger charge is -2.09. The second-order valence-corrected chi connectivity index (χ2v) is 5.22. The molecule has 5 heteroatoms. The first-order chi connectivity index (χ1) is 9.29. The quantitative estimate of drug-likeness (QED) is 0.808. The molecule has 0 radical (unpaired) electrons. The number of nitrogens with zero attached hydrogens (tertiary/aromatic N) is 3. The summed E-state index contributed by atoms with van der Waals surface area (Å²) in [6.07, 6.45) is 0.816. The Kier molecular flexibility index (Phi) is 3.31. The van der Waals surface area contributed by atoms with Crippen LogP contribution in [-0.4, -0.2) is 21.5 Å². The predicted molar refractivity (Wildman–Crippen MR) is 79.3 cm³/mol. The third-order valence-corrected chi connectivity index (χ3v) is 3.53. The van der Waals surface area contributed by atoms with Gasteiger partial charge in [0.25, 0.3) is 0 Å². The number of hydrogen-bond donors (Lipinski definition) is 1. The van der Waals surface area contributed by atoms with E-state index in [9.17, 15) is 0 Å². The summed E-state index contributed by atoms with van der Waals surface area (Å²) in [6.45, 7) is 0.612. The fourth-order valence-electron chi connectivity index (χ4n) is 2.15. The third kappa shape index (κ3) is 2.27. The van der Waals surface area contributed by atoms with Crippen LogP contribution in [0.3, 0.4) is 0 Å². The summed E-state index contributed by atoms with van der Waals surface area (Å²) in [5.74, 6) is 0. The second-order valence-electron chi connectivity index (χ2n) is 4.30. The van der Waals surface area contributed by atoms with Gasteiger partial charge in [0.15, 0.2) is 0 Å². The van der Waals surface area contributed by atoms with E-state index in [-0.39, 0.29) is 0 Å². The van der Waals surface area contributed by atoms with E-state index in [1.807, 2.05) is 41.1 Å². The van der Waals surface area contributed by atoms with E-state index in [0.717, 1.165) is 27.6 Å². The molecule has 2 aromatic carbocycles. The Morgan fingerprint density at radius 3 is 2.84 bits per heavy atom. The van der Waals surface area contributed by atoms with Crippen LogP contribution in [0.4, 0.5) is 0 Å². The standard InChI is InChI=1S/C14H13BrN4/c15-11-6-5-10(7-8-16)14(9-11)19-13-4-2-1-3-12(13)17-18-19/h1-6,9H,7-8,16H2. The molecule has 0 saturated heterocycles. The minimum absolute atomic E-state index is 0.612. The molecular weight excluding hydrogens is 304 g/mol. The van der Waals surface area contributed by atoms with Gasteiger partial charge >= 0.3 is 0 Å². The van der Waals surface area contributed by atoms with Crippen LogP contribution in [0.2, 0.25) is 0 Å². The summed E-state index contributed by atoms with van der Waals surface area (Å²) >= 11 is 3.50. The summed E-state index contributed by atoms with van der Waals surface area (Å²) in [5, 5.41) is 8.45. The lowest BCUT2D eigenvalue weighted by atomic mass is 10.1. The van der Waals surface area contributed by atoms with Gasteiger partial charge in [-0.3, -0.25) is 0 Å². The number of aromatic nitrogens is 3. The Bertz CT molecular complexity index is 720. The third-order valence-electron chi connectivity index (χ3n) is 3.04. The van der Waals surface area contributed by atoms with E-state index in [2.05, 4.69) is 32.3 Å². The second kappa shape index (κ2) is 5.11. The van der Waals surface area contributed by atoms with Gasteiger partial charge in [-0.15, -0.1) is 5.10 Å². The Balaban J connectivity index is 2.23. The van der Waals surface area contributed by atoms with E-state index >= 15 is 0 Å². The first kappa shape index (κ1) is 12.3. The largest absolute Gasteiger partial charge is 0.330 e. The minimum Gasteiger partial charge on any atom is -0.330 e. The zero-order chi connectivity index (χ0) is 13.2. The molecule has 0 aliphatic heterocycles. The molecular formula is C14H13BrN4. The van der Waals surface area contributed by atoms with Gasteiger partial charge in [-0.25, -0.2) is 4.68 Å². The average molecular weight is 317 g/mol. The summed E-state index contributed by atoms with van der Waals surface area (Å²) in [6, 6.07) is 14.1. The summed E-state index contributed by atoms with van der Waals surface area (Å²) in [4.78, 5) is 0. The molecule has 0 fully saturated rings. The molecule has 4 nitrogen and oxygen atoms in total. The van der Waals surface area contributed by atoms with E-state index in [0.29, 0.717) is 6.54 Å². The highest BCUT2D eigenvalue weighted by atomic mass is 79.9. The molecule has 0 amide bonds. The molecule has 0 unspecified atom stereocenters. The van der Waals surface area contributed by atoms with Crippen LogP contribution in [0.15, 0.2) is 46.9 Å². The number of hydrogen-bond acceptors (Lipinski definition) is 3. The van der Waals surface area contributed by atoms with Crippen LogP contribution in [0.5, 0.6) is 0 Å². The van der Waals surface area contributed by atoms with Crippen molar-refractivity contribution >= 4 is 27.0 Å². The van der Waals surface area contributed by atoms with E-state index in [4.69, 9.17) is 5.73 Å². The number of nitrogens with two attached hydrogens (primary N) is 1. The lowest BCUT2D eigenvalue weighted by molar-refractivity contribution is 0.807. The SMILES string of the molecule is NCCc1ccc(Br)cc1-n1nnc2ccccc21. The number of para-hydroxylation sites is 1. The van der Waals surface area contributed by atoms with E-state index < -0.39 is 0 Å². The maximum absolute atomic E-state index is 5.68. The van der Waals surface area contributed by atoms with Gasteiger partial charge in [-0.05, 0) is 42.8 Å². The van der Waals surface area contributed by atoms with Crippen LogP contribution in [-0.2, 0) is 6.42 Å². The molecule has 2 N–H and O–H groups in total. The van der Waals surface area contributed by atoms with Crippen molar-refractivity contribution in [2.75, 3.05) is 6.54 Å². The van der Waals surface area contributed by atoms with Crippen LogP contribution in [0.25, 0.3) is 16.7 Å². The van der Waals surface area contributed by atoms with Crippen molar-refractivity contribution in [3.8, 4) is 5.69 Å². The zero-order valence-electron chi connectivity index (χ0n) is 10.3. The van der Waals surface area contributed by atoms with Crippen molar-refractivity contribution < 1.29 is 0 Å².